The molecule has 2 heterocycles. The van der Waals surface area contributed by atoms with Crippen molar-refractivity contribution in [1.29, 1.82) is 0 Å². The third-order valence-electron chi connectivity index (χ3n) is 5.24. The molecule has 0 radical (unpaired) electrons. The van der Waals surface area contributed by atoms with Crippen LogP contribution in [0, 0.1) is 0 Å². The van der Waals surface area contributed by atoms with E-state index in [1.54, 1.807) is 0 Å². The normalized spacial score (nSPS) is 14.5. The number of rotatable bonds is 3. The minimum atomic E-state index is 0.669. The molecule has 0 aliphatic carbocycles. The first kappa shape index (κ1) is 18.9. The average molecular weight is 421 g/mol. The van der Waals surface area contributed by atoms with Gasteiger partial charge in [-0.25, -0.2) is 9.13 Å². The van der Waals surface area contributed by atoms with Crippen LogP contribution in [0.15, 0.2) is 48.7 Å². The maximum atomic E-state index is 6.44. The summed E-state index contributed by atoms with van der Waals surface area (Å²) in [7, 11) is 0. The van der Waals surface area contributed by atoms with E-state index in [1.165, 1.54) is 42.8 Å². The molecular formula is C22H22Cl3N2+. The molecule has 0 amide bonds. The zero-order chi connectivity index (χ0) is 18.8. The number of benzene rings is 2. The fourth-order valence-electron chi connectivity index (χ4n) is 3.84. The number of fused-ring (bicyclic) bond motifs is 1. The van der Waals surface area contributed by atoms with Gasteiger partial charge in [-0.05, 0) is 55.7 Å². The summed E-state index contributed by atoms with van der Waals surface area (Å²) in [5, 5.41) is 2.15. The van der Waals surface area contributed by atoms with E-state index in [4.69, 9.17) is 34.8 Å². The van der Waals surface area contributed by atoms with Gasteiger partial charge in [0, 0.05) is 32.6 Å². The van der Waals surface area contributed by atoms with Crippen LogP contribution in [-0.4, -0.2) is 4.57 Å². The minimum absolute atomic E-state index is 0.669. The van der Waals surface area contributed by atoms with Crippen molar-refractivity contribution in [3.63, 3.8) is 0 Å². The molecule has 2 aromatic carbocycles. The van der Waals surface area contributed by atoms with Crippen LogP contribution in [-0.2, 0) is 19.5 Å². The Bertz CT molecular complexity index is 945. The van der Waals surface area contributed by atoms with E-state index in [0.717, 1.165) is 30.1 Å². The number of hydrogen-bond donors (Lipinski definition) is 0. The Morgan fingerprint density at radius 1 is 0.852 bits per heavy atom. The van der Waals surface area contributed by atoms with Crippen molar-refractivity contribution in [3.05, 3.63) is 75.1 Å². The van der Waals surface area contributed by atoms with Gasteiger partial charge < -0.3 is 0 Å². The third-order valence-corrected chi connectivity index (χ3v) is 6.08. The summed E-state index contributed by atoms with van der Waals surface area (Å²) in [6, 6.07) is 13.9. The lowest BCUT2D eigenvalue weighted by atomic mass is 10.1. The predicted molar refractivity (Wildman–Crippen MR) is 113 cm³/mol. The highest BCUT2D eigenvalue weighted by Crippen LogP contribution is 2.26. The zero-order valence-corrected chi connectivity index (χ0v) is 17.4. The minimum Gasteiger partial charge on any atom is -0.229 e. The topological polar surface area (TPSA) is 8.81 Å². The molecule has 0 bridgehead atoms. The lowest BCUT2D eigenvalue weighted by Gasteiger charge is -2.11. The number of aromatic nitrogens is 2. The summed E-state index contributed by atoms with van der Waals surface area (Å²) >= 11 is 18.6. The number of nitrogens with zero attached hydrogens (tertiary/aromatic N) is 2. The van der Waals surface area contributed by atoms with Gasteiger partial charge >= 0.3 is 0 Å². The van der Waals surface area contributed by atoms with Crippen LogP contribution in [0.2, 0.25) is 15.1 Å². The maximum Gasteiger partial charge on any atom is 0.257 e. The van der Waals surface area contributed by atoms with Gasteiger partial charge in [0.05, 0.1) is 6.54 Å². The van der Waals surface area contributed by atoms with Crippen molar-refractivity contribution in [1.82, 2.24) is 4.57 Å². The summed E-state index contributed by atoms with van der Waals surface area (Å²) < 4.78 is 4.83. The summed E-state index contributed by atoms with van der Waals surface area (Å²) in [4.78, 5) is 0. The number of hydrogen-bond acceptors (Lipinski definition) is 0. The summed E-state index contributed by atoms with van der Waals surface area (Å²) in [5.41, 5.74) is 3.53. The predicted octanol–water partition coefficient (Wildman–Crippen LogP) is 6.57. The molecule has 2 nitrogen and oxygen atoms in total. The van der Waals surface area contributed by atoms with Crippen LogP contribution in [0.1, 0.15) is 37.1 Å². The van der Waals surface area contributed by atoms with Gasteiger partial charge in [0.2, 0.25) is 0 Å². The Balaban J connectivity index is 1.78. The van der Waals surface area contributed by atoms with Gasteiger partial charge in [0.15, 0.2) is 5.69 Å². The van der Waals surface area contributed by atoms with E-state index in [-0.39, 0.29) is 0 Å². The average Bonchev–Trinajstić information content (AvgIpc) is 2.94. The van der Waals surface area contributed by atoms with Gasteiger partial charge in [-0.3, -0.25) is 0 Å². The molecule has 140 valence electrons. The molecule has 0 fully saturated rings. The molecule has 0 spiro atoms. The highest BCUT2D eigenvalue weighted by molar-refractivity contribution is 6.35. The first-order chi connectivity index (χ1) is 13.1. The Labute approximate surface area is 175 Å². The van der Waals surface area contributed by atoms with E-state index >= 15 is 0 Å². The molecule has 27 heavy (non-hydrogen) atoms. The van der Waals surface area contributed by atoms with E-state index in [9.17, 15) is 0 Å². The zero-order valence-electron chi connectivity index (χ0n) is 15.1. The number of halogens is 3. The second-order valence-electron chi connectivity index (χ2n) is 7.12. The highest BCUT2D eigenvalue weighted by atomic mass is 35.5. The third kappa shape index (κ3) is 4.18. The van der Waals surface area contributed by atoms with Crippen LogP contribution >= 0.6 is 34.8 Å². The molecule has 3 aromatic rings. The first-order valence-electron chi connectivity index (χ1n) is 9.43. The molecule has 0 atom stereocenters. The van der Waals surface area contributed by atoms with E-state index in [0.29, 0.717) is 10.0 Å². The van der Waals surface area contributed by atoms with Gasteiger partial charge in [-0.15, -0.1) is 0 Å². The first-order valence-corrected chi connectivity index (χ1v) is 10.6. The van der Waals surface area contributed by atoms with E-state index in [2.05, 4.69) is 27.5 Å². The van der Waals surface area contributed by atoms with Crippen molar-refractivity contribution in [2.75, 3.05) is 0 Å². The van der Waals surface area contributed by atoms with Gasteiger partial charge in [0.1, 0.15) is 12.7 Å². The van der Waals surface area contributed by atoms with Crippen LogP contribution < -0.4 is 4.57 Å². The van der Waals surface area contributed by atoms with Crippen molar-refractivity contribution in [2.45, 2.75) is 45.2 Å². The highest BCUT2D eigenvalue weighted by Gasteiger charge is 2.25. The quantitative estimate of drug-likeness (QED) is 0.424. The monoisotopic (exact) mass is 419 g/mol. The Morgan fingerprint density at radius 2 is 1.59 bits per heavy atom. The molecule has 0 saturated heterocycles. The fourth-order valence-corrected chi connectivity index (χ4v) is 4.44. The summed E-state index contributed by atoms with van der Waals surface area (Å²) in [6.45, 7) is 1.80. The Morgan fingerprint density at radius 3 is 2.37 bits per heavy atom. The fraction of sp³-hybridized carbons (Fsp3) is 0.318. The van der Waals surface area contributed by atoms with Crippen LogP contribution in [0.3, 0.4) is 0 Å². The summed E-state index contributed by atoms with van der Waals surface area (Å²) in [6.07, 6.45) is 8.36. The molecule has 1 aliphatic heterocycles. The largest absolute Gasteiger partial charge is 0.257 e. The van der Waals surface area contributed by atoms with Crippen molar-refractivity contribution in [3.8, 4) is 11.3 Å². The molecule has 0 N–H and O–H groups in total. The van der Waals surface area contributed by atoms with Crippen molar-refractivity contribution in [2.24, 2.45) is 0 Å². The molecule has 0 unspecified atom stereocenters. The molecule has 1 aromatic heterocycles. The molecule has 1 aliphatic rings. The SMILES string of the molecule is Clc1ccc(-c2c[n+](Cc3ccc(Cl)cc3Cl)c3n2CCCCCC3)cc1. The van der Waals surface area contributed by atoms with Crippen LogP contribution in [0.25, 0.3) is 11.3 Å². The van der Waals surface area contributed by atoms with Gasteiger partial charge in [0.25, 0.3) is 5.82 Å². The standard InChI is InChI=1S/C22H22Cl3N2/c23-18-9-6-16(7-10-18)21-15-26(14-17-8-11-19(24)13-20(17)25)22-5-3-1-2-4-12-27(21)22/h6-11,13,15H,1-5,12,14H2/q+1. The Kier molecular flexibility index (Phi) is 5.77. The number of imidazole rings is 1. The molecule has 0 saturated carbocycles. The van der Waals surface area contributed by atoms with E-state index in [1.807, 2.05) is 30.3 Å². The molecule has 5 heteroatoms. The van der Waals surface area contributed by atoms with E-state index < -0.39 is 0 Å². The van der Waals surface area contributed by atoms with Crippen molar-refractivity contribution >= 4 is 34.8 Å². The maximum absolute atomic E-state index is 6.44. The van der Waals surface area contributed by atoms with Crippen LogP contribution in [0.5, 0.6) is 0 Å². The summed E-state index contributed by atoms with van der Waals surface area (Å²) in [5.74, 6) is 1.37. The van der Waals surface area contributed by atoms with Gasteiger partial charge in [-0.2, -0.15) is 0 Å². The molecule has 4 rings (SSSR count). The van der Waals surface area contributed by atoms with Crippen LogP contribution in [0.4, 0.5) is 0 Å². The second-order valence-corrected chi connectivity index (χ2v) is 8.40. The molecular weight excluding hydrogens is 399 g/mol. The van der Waals surface area contributed by atoms with Gasteiger partial charge in [-0.1, -0.05) is 47.3 Å². The smallest absolute Gasteiger partial charge is 0.229 e. The van der Waals surface area contributed by atoms with Crippen molar-refractivity contribution < 1.29 is 4.57 Å². The second kappa shape index (κ2) is 8.26. The Hall–Kier alpha value is -1.48. The lowest BCUT2D eigenvalue weighted by Crippen LogP contribution is -2.38. The lowest BCUT2D eigenvalue weighted by molar-refractivity contribution is -0.695.